The second-order valence-corrected chi connectivity index (χ2v) is 34.0. The Kier molecular flexibility index (Phi) is 68.7. The summed E-state index contributed by atoms with van der Waals surface area (Å²) in [4.78, 5) is 73.0. The molecule has 0 spiro atoms. The van der Waals surface area contributed by atoms with Gasteiger partial charge in [-0.25, -0.2) is 9.13 Å². The van der Waals surface area contributed by atoms with Crippen LogP contribution in [0.4, 0.5) is 0 Å². The van der Waals surface area contributed by atoms with Crippen LogP contribution in [0.2, 0.25) is 0 Å². The van der Waals surface area contributed by atoms with Crippen LogP contribution in [0.15, 0.2) is 0 Å². The van der Waals surface area contributed by atoms with E-state index in [4.69, 9.17) is 37.0 Å². The lowest BCUT2D eigenvalue weighted by Gasteiger charge is -2.21. The third-order valence-electron chi connectivity index (χ3n) is 18.8. The zero-order valence-corrected chi connectivity index (χ0v) is 67.6. The molecule has 100 heavy (non-hydrogen) atoms. The molecule has 0 heterocycles. The molecule has 0 aromatic heterocycles. The zero-order valence-electron chi connectivity index (χ0n) is 65.8. The largest absolute Gasteiger partial charge is 0.472 e. The van der Waals surface area contributed by atoms with Gasteiger partial charge in [-0.1, -0.05) is 364 Å². The van der Waals surface area contributed by atoms with Crippen LogP contribution in [-0.4, -0.2) is 96.7 Å². The molecule has 0 aromatic rings. The van der Waals surface area contributed by atoms with Crippen molar-refractivity contribution in [2.45, 2.75) is 433 Å². The molecule has 0 radical (unpaired) electrons. The van der Waals surface area contributed by atoms with Gasteiger partial charge in [-0.3, -0.25) is 37.3 Å². The van der Waals surface area contributed by atoms with E-state index in [9.17, 15) is 43.2 Å². The first-order chi connectivity index (χ1) is 48.1. The molecule has 0 aliphatic heterocycles. The summed E-state index contributed by atoms with van der Waals surface area (Å²) in [5, 5.41) is 10.6. The van der Waals surface area contributed by atoms with Gasteiger partial charge < -0.3 is 33.8 Å². The second kappa shape index (κ2) is 70.1. The van der Waals surface area contributed by atoms with Gasteiger partial charge in [-0.2, -0.15) is 0 Å². The highest BCUT2D eigenvalue weighted by Crippen LogP contribution is 2.45. The van der Waals surface area contributed by atoms with Crippen LogP contribution in [0.3, 0.4) is 0 Å². The normalized spacial score (nSPS) is 14.0. The number of esters is 4. The van der Waals surface area contributed by atoms with Gasteiger partial charge in [-0.05, 0) is 49.4 Å². The van der Waals surface area contributed by atoms with Crippen LogP contribution in [0.25, 0.3) is 0 Å². The molecule has 0 saturated carbocycles. The van der Waals surface area contributed by atoms with Crippen LogP contribution in [0.1, 0.15) is 415 Å². The molecule has 0 aromatic carbocycles. The van der Waals surface area contributed by atoms with Crippen molar-refractivity contribution < 1.29 is 80.2 Å². The Morgan fingerprint density at radius 1 is 0.250 bits per heavy atom. The average Bonchev–Trinajstić information content (AvgIpc) is 0.928. The number of rotatable bonds is 78. The van der Waals surface area contributed by atoms with E-state index in [1.165, 1.54) is 212 Å². The number of hydrogen-bond acceptors (Lipinski definition) is 15. The summed E-state index contributed by atoms with van der Waals surface area (Å²) in [5.74, 6) is 0.968. The van der Waals surface area contributed by atoms with Gasteiger partial charge in [0.15, 0.2) is 12.2 Å². The lowest BCUT2D eigenvalue weighted by Crippen LogP contribution is -2.30. The number of hydrogen-bond donors (Lipinski definition) is 3. The molecule has 0 amide bonds. The van der Waals surface area contributed by atoms with E-state index < -0.39 is 97.5 Å². The highest BCUT2D eigenvalue weighted by molar-refractivity contribution is 7.47. The molecule has 17 nitrogen and oxygen atoms in total. The van der Waals surface area contributed by atoms with E-state index in [1.54, 1.807) is 0 Å². The summed E-state index contributed by atoms with van der Waals surface area (Å²) >= 11 is 0. The van der Waals surface area contributed by atoms with E-state index in [0.29, 0.717) is 31.6 Å². The van der Waals surface area contributed by atoms with Gasteiger partial charge in [0.2, 0.25) is 0 Å². The minimum Gasteiger partial charge on any atom is -0.462 e. The number of carbonyl (C=O) groups excluding carboxylic acids is 4. The molecule has 594 valence electrons. The molecule has 5 atom stereocenters. The number of phosphoric ester groups is 2. The summed E-state index contributed by atoms with van der Waals surface area (Å²) in [7, 11) is -9.92. The van der Waals surface area contributed by atoms with E-state index in [-0.39, 0.29) is 25.7 Å². The third kappa shape index (κ3) is 74.3. The van der Waals surface area contributed by atoms with Gasteiger partial charge in [-0.15, -0.1) is 0 Å². The van der Waals surface area contributed by atoms with E-state index >= 15 is 0 Å². The quantitative estimate of drug-likeness (QED) is 0.0222. The smallest absolute Gasteiger partial charge is 0.462 e. The Morgan fingerprint density at radius 2 is 0.420 bits per heavy atom. The monoisotopic (exact) mass is 1470 g/mol. The molecular weight excluding hydrogens is 1310 g/mol. The third-order valence-corrected chi connectivity index (χ3v) is 20.7. The minimum atomic E-state index is -4.96. The number of aliphatic hydroxyl groups excluding tert-OH is 1. The van der Waals surface area contributed by atoms with Crippen molar-refractivity contribution in [2.24, 2.45) is 23.7 Å². The maximum absolute atomic E-state index is 13.1. The van der Waals surface area contributed by atoms with Crippen LogP contribution < -0.4 is 0 Å². The van der Waals surface area contributed by atoms with Gasteiger partial charge in [0.05, 0.1) is 26.4 Å². The van der Waals surface area contributed by atoms with Crippen molar-refractivity contribution in [2.75, 3.05) is 39.6 Å². The Hall–Kier alpha value is -1.94. The zero-order chi connectivity index (χ0) is 73.8. The number of carbonyl (C=O) groups is 4. The Bertz CT molecular complexity index is 1950. The van der Waals surface area contributed by atoms with Crippen LogP contribution in [0.5, 0.6) is 0 Å². The summed E-state index contributed by atoms with van der Waals surface area (Å²) < 4.78 is 68.7. The Morgan fingerprint density at radius 3 is 0.620 bits per heavy atom. The molecule has 0 saturated heterocycles. The fraction of sp³-hybridized carbons (Fsp3) is 0.951. The fourth-order valence-corrected chi connectivity index (χ4v) is 14.0. The number of unbranched alkanes of at least 4 members (excludes halogenated alkanes) is 44. The number of ether oxygens (including phenoxy) is 4. The predicted molar refractivity (Wildman–Crippen MR) is 409 cm³/mol. The predicted octanol–water partition coefficient (Wildman–Crippen LogP) is 24.0. The molecule has 0 bridgehead atoms. The molecule has 19 heteroatoms. The summed E-state index contributed by atoms with van der Waals surface area (Å²) in [6.45, 7) is 14.2. The summed E-state index contributed by atoms with van der Waals surface area (Å²) in [6.07, 6.45) is 56.9. The average molecular weight is 1470 g/mol. The Labute approximate surface area is 613 Å². The molecular formula is C81H158O17P2. The molecule has 3 unspecified atom stereocenters. The standard InChI is InChI=1S/C81H158O17P2/c1-71(2)57-49-41-33-26-20-14-11-9-10-12-16-24-30-38-47-55-63-80(85)98-77(68-92-79(84)62-54-46-40-32-36-44-52-60-74(7)8)70-96-100(89,90)94-66-75(82)65-93-99(87,88)95-69-76(97-81(86)64-56-48-39-31-25-19-18-22-28-35-43-51-59-73(5)6)67-91-78(83)61-53-45-37-29-23-17-13-15-21-27-34-42-50-58-72(3)4/h71-77,82H,9-70H2,1-8H3,(H,87,88)(H,89,90)/t75?,76-,77-/m1/s1. The summed E-state index contributed by atoms with van der Waals surface area (Å²) in [5.41, 5.74) is 0. The first-order valence-corrected chi connectivity index (χ1v) is 44.7. The summed E-state index contributed by atoms with van der Waals surface area (Å²) in [6, 6.07) is 0. The maximum Gasteiger partial charge on any atom is 0.472 e. The van der Waals surface area contributed by atoms with E-state index in [2.05, 4.69) is 55.4 Å². The first kappa shape index (κ1) is 98.1. The second-order valence-electron chi connectivity index (χ2n) is 31.1. The SMILES string of the molecule is CC(C)CCCCCCCCCCCCCCCCCCC(=O)O[C@H](COC(=O)CCCCCCCCCC(C)C)COP(=O)(O)OCC(O)COP(=O)(O)OC[C@@H](COC(=O)CCCCCCCCCCCCCCCC(C)C)OC(=O)CCCCCCCCCCCCCCC(C)C. The van der Waals surface area contributed by atoms with Gasteiger partial charge in [0.25, 0.3) is 0 Å². The highest BCUT2D eigenvalue weighted by atomic mass is 31.2. The maximum atomic E-state index is 13.1. The van der Waals surface area contributed by atoms with Gasteiger partial charge in [0.1, 0.15) is 19.3 Å². The fourth-order valence-electron chi connectivity index (χ4n) is 12.4. The Balaban J connectivity index is 5.23. The molecule has 0 fully saturated rings. The van der Waals surface area contributed by atoms with Crippen molar-refractivity contribution in [3.05, 3.63) is 0 Å². The first-order valence-electron chi connectivity index (χ1n) is 41.7. The molecule has 0 aliphatic carbocycles. The number of phosphoric acid groups is 2. The van der Waals surface area contributed by atoms with Crippen LogP contribution in [0, 0.1) is 23.7 Å². The van der Waals surface area contributed by atoms with Crippen molar-refractivity contribution in [1.82, 2.24) is 0 Å². The molecule has 0 aliphatic rings. The van der Waals surface area contributed by atoms with Crippen molar-refractivity contribution >= 4 is 39.5 Å². The molecule has 3 N–H and O–H groups in total. The van der Waals surface area contributed by atoms with E-state index in [0.717, 1.165) is 114 Å². The lowest BCUT2D eigenvalue weighted by molar-refractivity contribution is -0.161. The van der Waals surface area contributed by atoms with Crippen molar-refractivity contribution in [3.8, 4) is 0 Å². The molecule has 0 rings (SSSR count). The lowest BCUT2D eigenvalue weighted by atomic mass is 10.0. The van der Waals surface area contributed by atoms with Crippen molar-refractivity contribution in [1.29, 1.82) is 0 Å². The van der Waals surface area contributed by atoms with Gasteiger partial charge in [0, 0.05) is 25.7 Å². The highest BCUT2D eigenvalue weighted by Gasteiger charge is 2.30. The topological polar surface area (TPSA) is 237 Å². The van der Waals surface area contributed by atoms with E-state index in [1.807, 2.05) is 0 Å². The van der Waals surface area contributed by atoms with Crippen LogP contribution >= 0.6 is 15.6 Å². The minimum absolute atomic E-state index is 0.107. The van der Waals surface area contributed by atoms with Crippen LogP contribution in [-0.2, 0) is 65.4 Å². The van der Waals surface area contributed by atoms with Gasteiger partial charge >= 0.3 is 39.5 Å². The van der Waals surface area contributed by atoms with Crippen molar-refractivity contribution in [3.63, 3.8) is 0 Å². The number of aliphatic hydroxyl groups is 1.